The van der Waals surface area contributed by atoms with Crippen LogP contribution < -0.4 is 5.32 Å². The molecule has 0 radical (unpaired) electrons. The summed E-state index contributed by atoms with van der Waals surface area (Å²) >= 11 is 0. The number of amides is 2. The maximum atomic E-state index is 15.2. The van der Waals surface area contributed by atoms with Crippen LogP contribution in [0.3, 0.4) is 0 Å². The molecular formula is C23H22F4N2O3. The molecule has 0 unspecified atom stereocenters. The Morgan fingerprint density at radius 2 is 1.66 bits per heavy atom. The van der Waals surface area contributed by atoms with Gasteiger partial charge < -0.3 is 15.3 Å². The maximum absolute atomic E-state index is 15.2. The molecule has 2 aromatic rings. The fraction of sp³-hybridized carbons (Fsp3) is 0.391. The van der Waals surface area contributed by atoms with E-state index in [1.807, 2.05) is 0 Å². The van der Waals surface area contributed by atoms with Crippen molar-refractivity contribution in [3.8, 4) is 0 Å². The number of nitrogens with zero attached hydrogens (tertiary/aromatic N) is 1. The van der Waals surface area contributed by atoms with E-state index in [-0.39, 0.29) is 29.7 Å². The third-order valence-corrected chi connectivity index (χ3v) is 6.19. The van der Waals surface area contributed by atoms with Crippen molar-refractivity contribution >= 4 is 17.5 Å². The number of benzene rings is 2. The molecule has 4 rings (SSSR count). The number of aliphatic hydroxyl groups is 1. The highest BCUT2D eigenvalue weighted by Gasteiger charge is 2.53. The van der Waals surface area contributed by atoms with Crippen molar-refractivity contribution in [2.45, 2.75) is 56.7 Å². The standard InChI is InChI=1S/C23H22F4N2O3/c1-12-8-14(3-7-19(12)24)28-21(31)13-2-6-20(25)18(9-13)23(26,27)22(32)29-15-4-5-16(29)11-17(30)10-15/h2-3,6-9,15-17,30H,4-5,10-11H2,1H3,(H,28,31)/t15-,16+,17+. The summed E-state index contributed by atoms with van der Waals surface area (Å²) in [6.45, 7) is 1.50. The molecule has 2 aliphatic rings. The summed E-state index contributed by atoms with van der Waals surface area (Å²) in [6, 6.07) is 5.22. The highest BCUT2D eigenvalue weighted by atomic mass is 19.3. The highest BCUT2D eigenvalue weighted by Crippen LogP contribution is 2.41. The van der Waals surface area contributed by atoms with Crippen LogP contribution in [0.4, 0.5) is 23.2 Å². The fourth-order valence-electron chi connectivity index (χ4n) is 4.59. The summed E-state index contributed by atoms with van der Waals surface area (Å²) in [4.78, 5) is 26.4. The lowest BCUT2D eigenvalue weighted by atomic mass is 9.96. The number of aliphatic hydroxyl groups excluding tert-OH is 1. The van der Waals surface area contributed by atoms with Crippen molar-refractivity contribution in [3.63, 3.8) is 0 Å². The molecule has 2 aliphatic heterocycles. The zero-order chi connectivity index (χ0) is 23.2. The first-order chi connectivity index (χ1) is 15.1. The molecule has 0 aromatic heterocycles. The third-order valence-electron chi connectivity index (χ3n) is 6.19. The number of anilines is 1. The van der Waals surface area contributed by atoms with Gasteiger partial charge in [0.2, 0.25) is 0 Å². The van der Waals surface area contributed by atoms with Gasteiger partial charge in [0.1, 0.15) is 11.6 Å². The molecule has 2 heterocycles. The quantitative estimate of drug-likeness (QED) is 0.689. The maximum Gasteiger partial charge on any atom is 0.352 e. The van der Waals surface area contributed by atoms with E-state index < -0.39 is 53.1 Å². The van der Waals surface area contributed by atoms with Gasteiger partial charge in [-0.05, 0) is 74.6 Å². The SMILES string of the molecule is Cc1cc(NC(=O)c2ccc(F)c(C(F)(F)C(=O)N3[C@@H]4CC[C@H]3C[C@@H](O)C4)c2)ccc1F. The number of rotatable bonds is 4. The lowest BCUT2D eigenvalue weighted by molar-refractivity contribution is -0.166. The largest absolute Gasteiger partial charge is 0.393 e. The van der Waals surface area contributed by atoms with Crippen LogP contribution in [0.25, 0.3) is 0 Å². The predicted molar refractivity (Wildman–Crippen MR) is 108 cm³/mol. The molecule has 9 heteroatoms. The van der Waals surface area contributed by atoms with Crippen LogP contribution >= 0.6 is 0 Å². The number of carbonyl (C=O) groups excluding carboxylic acids is 2. The molecule has 170 valence electrons. The summed E-state index contributed by atoms with van der Waals surface area (Å²) in [5, 5.41) is 12.3. The Balaban J connectivity index is 1.59. The smallest absolute Gasteiger partial charge is 0.352 e. The van der Waals surface area contributed by atoms with Crippen LogP contribution in [-0.2, 0) is 10.7 Å². The highest BCUT2D eigenvalue weighted by molar-refractivity contribution is 6.04. The molecule has 2 bridgehead atoms. The summed E-state index contributed by atoms with van der Waals surface area (Å²) in [6.07, 6.45) is 0.779. The monoisotopic (exact) mass is 450 g/mol. The zero-order valence-electron chi connectivity index (χ0n) is 17.2. The fourth-order valence-corrected chi connectivity index (χ4v) is 4.59. The molecule has 0 spiro atoms. The van der Waals surface area contributed by atoms with E-state index in [0.717, 1.165) is 23.1 Å². The molecule has 0 aliphatic carbocycles. The normalized spacial score (nSPS) is 22.7. The molecule has 32 heavy (non-hydrogen) atoms. The van der Waals surface area contributed by atoms with Gasteiger partial charge in [-0.3, -0.25) is 9.59 Å². The summed E-state index contributed by atoms with van der Waals surface area (Å²) in [5.74, 6) is -8.29. The van der Waals surface area contributed by atoms with Gasteiger partial charge in [0.15, 0.2) is 0 Å². The second kappa shape index (κ2) is 8.20. The van der Waals surface area contributed by atoms with E-state index in [1.165, 1.54) is 19.1 Å². The second-order valence-electron chi connectivity index (χ2n) is 8.41. The van der Waals surface area contributed by atoms with E-state index in [0.29, 0.717) is 18.9 Å². The van der Waals surface area contributed by atoms with Crippen molar-refractivity contribution in [3.05, 3.63) is 64.7 Å². The predicted octanol–water partition coefficient (Wildman–Crippen LogP) is 4.13. The van der Waals surface area contributed by atoms with Crippen molar-refractivity contribution in [1.82, 2.24) is 4.90 Å². The number of nitrogens with one attached hydrogen (secondary N) is 1. The lowest BCUT2D eigenvalue weighted by Gasteiger charge is -2.39. The van der Waals surface area contributed by atoms with E-state index >= 15 is 8.78 Å². The van der Waals surface area contributed by atoms with E-state index in [4.69, 9.17) is 0 Å². The second-order valence-corrected chi connectivity index (χ2v) is 8.41. The van der Waals surface area contributed by atoms with Crippen LogP contribution in [-0.4, -0.2) is 40.0 Å². The molecule has 3 atom stereocenters. The number of carbonyl (C=O) groups is 2. The zero-order valence-corrected chi connectivity index (χ0v) is 17.2. The first-order valence-electron chi connectivity index (χ1n) is 10.3. The minimum Gasteiger partial charge on any atom is -0.393 e. The summed E-state index contributed by atoms with van der Waals surface area (Å²) in [5.41, 5.74) is -0.934. The Morgan fingerprint density at radius 3 is 2.28 bits per heavy atom. The number of piperidine rings is 1. The van der Waals surface area contributed by atoms with Crippen molar-refractivity contribution in [1.29, 1.82) is 0 Å². The average Bonchev–Trinajstić information content (AvgIpc) is 3.00. The van der Waals surface area contributed by atoms with Gasteiger partial charge >= 0.3 is 5.92 Å². The average molecular weight is 450 g/mol. The number of fused-ring (bicyclic) bond motifs is 2. The minimum absolute atomic E-state index is 0.209. The van der Waals surface area contributed by atoms with Gasteiger partial charge in [-0.1, -0.05) is 0 Å². The molecule has 2 N–H and O–H groups in total. The van der Waals surface area contributed by atoms with Gasteiger partial charge in [0, 0.05) is 23.3 Å². The van der Waals surface area contributed by atoms with Gasteiger partial charge in [-0.2, -0.15) is 8.78 Å². The molecule has 2 fully saturated rings. The third kappa shape index (κ3) is 3.97. The van der Waals surface area contributed by atoms with E-state index in [2.05, 4.69) is 5.32 Å². The van der Waals surface area contributed by atoms with Crippen LogP contribution in [0, 0.1) is 18.6 Å². The molecular weight excluding hydrogens is 428 g/mol. The molecule has 2 amide bonds. The number of alkyl halides is 2. The Hall–Kier alpha value is -2.94. The van der Waals surface area contributed by atoms with Crippen LogP contribution in [0.1, 0.15) is 47.2 Å². The summed E-state index contributed by atoms with van der Waals surface area (Å²) < 4.78 is 58.1. The minimum atomic E-state index is -4.18. The molecule has 2 saturated heterocycles. The van der Waals surface area contributed by atoms with Crippen LogP contribution in [0.15, 0.2) is 36.4 Å². The lowest BCUT2D eigenvalue weighted by Crippen LogP contribution is -2.53. The van der Waals surface area contributed by atoms with Crippen molar-refractivity contribution in [2.24, 2.45) is 0 Å². The van der Waals surface area contributed by atoms with Gasteiger partial charge in [0.05, 0.1) is 11.7 Å². The Labute approximate surface area is 182 Å². The molecule has 5 nitrogen and oxygen atoms in total. The Bertz CT molecular complexity index is 1060. The Kier molecular flexibility index (Phi) is 5.70. The number of hydrogen-bond donors (Lipinski definition) is 2. The van der Waals surface area contributed by atoms with Crippen LogP contribution in [0.5, 0.6) is 0 Å². The number of halogens is 4. The topological polar surface area (TPSA) is 69.6 Å². The van der Waals surface area contributed by atoms with Crippen LogP contribution in [0.2, 0.25) is 0 Å². The first-order valence-corrected chi connectivity index (χ1v) is 10.3. The number of aryl methyl sites for hydroxylation is 1. The molecule has 2 aromatic carbocycles. The Morgan fingerprint density at radius 1 is 1.03 bits per heavy atom. The van der Waals surface area contributed by atoms with Gasteiger partial charge in [-0.25, -0.2) is 8.78 Å². The van der Waals surface area contributed by atoms with Gasteiger partial charge in [0.25, 0.3) is 11.8 Å². The van der Waals surface area contributed by atoms with E-state index in [1.54, 1.807) is 0 Å². The first kappa shape index (κ1) is 22.3. The van der Waals surface area contributed by atoms with Crippen molar-refractivity contribution in [2.75, 3.05) is 5.32 Å². The summed E-state index contributed by atoms with van der Waals surface area (Å²) in [7, 11) is 0. The van der Waals surface area contributed by atoms with E-state index in [9.17, 15) is 23.5 Å². The van der Waals surface area contributed by atoms with Gasteiger partial charge in [-0.15, -0.1) is 0 Å². The molecule has 0 saturated carbocycles. The number of hydrogen-bond acceptors (Lipinski definition) is 3. The van der Waals surface area contributed by atoms with Crippen molar-refractivity contribution < 1.29 is 32.3 Å².